The quantitative estimate of drug-likeness (QED) is 0.769. The van der Waals surface area contributed by atoms with Gasteiger partial charge in [0.05, 0.1) is 11.1 Å². The Labute approximate surface area is 126 Å². The summed E-state index contributed by atoms with van der Waals surface area (Å²) in [6.45, 7) is 2.13. The Bertz CT molecular complexity index is 649. The van der Waals surface area contributed by atoms with E-state index in [2.05, 4.69) is 0 Å². The molecule has 3 rings (SSSR count). The summed E-state index contributed by atoms with van der Waals surface area (Å²) < 4.78 is 0. The summed E-state index contributed by atoms with van der Waals surface area (Å²) >= 11 is 0. The van der Waals surface area contributed by atoms with E-state index < -0.39 is 23.8 Å². The molecule has 2 heterocycles. The van der Waals surface area contributed by atoms with Gasteiger partial charge < -0.3 is 9.74 Å². The van der Waals surface area contributed by atoms with Crippen molar-refractivity contribution in [2.24, 2.45) is 0 Å². The monoisotopic (exact) mass is 302 g/mol. The first-order valence-corrected chi connectivity index (χ1v) is 7.03. The number of carbonyl (C=O) groups excluding carboxylic acids is 4. The molecule has 1 aromatic rings. The molecule has 114 valence electrons. The molecule has 1 aromatic carbocycles. The Morgan fingerprint density at radius 1 is 1.18 bits per heavy atom. The topological polar surface area (TPSA) is 84.0 Å². The van der Waals surface area contributed by atoms with E-state index in [-0.39, 0.29) is 23.5 Å². The van der Waals surface area contributed by atoms with Crippen LogP contribution < -0.4 is 0 Å². The number of likely N-dealkylation sites (N-methyl/N-ethyl adjacent to an activating group) is 1. The molecular weight excluding hydrogens is 288 g/mol. The highest BCUT2D eigenvalue weighted by atomic mass is 16.7. The molecule has 0 N–H and O–H groups in total. The second kappa shape index (κ2) is 5.25. The lowest BCUT2D eigenvalue weighted by atomic mass is 10.1. The molecule has 1 unspecified atom stereocenters. The average Bonchev–Trinajstić information content (AvgIpc) is 3.01. The summed E-state index contributed by atoms with van der Waals surface area (Å²) in [7, 11) is 0. The highest BCUT2D eigenvalue weighted by molar-refractivity contribution is 6.21. The summed E-state index contributed by atoms with van der Waals surface area (Å²) in [4.78, 5) is 54.4. The largest absolute Gasteiger partial charge is 0.355 e. The third-order valence-electron chi connectivity index (χ3n) is 3.88. The van der Waals surface area contributed by atoms with Crippen LogP contribution in [0.4, 0.5) is 0 Å². The van der Waals surface area contributed by atoms with Crippen LogP contribution >= 0.6 is 0 Å². The van der Waals surface area contributed by atoms with Crippen molar-refractivity contribution < 1.29 is 24.0 Å². The number of amides is 3. The molecule has 0 aromatic heterocycles. The lowest BCUT2D eigenvalue weighted by Gasteiger charge is -2.22. The number of imide groups is 1. The number of nitrogens with zero attached hydrogens (tertiary/aromatic N) is 2. The van der Waals surface area contributed by atoms with Gasteiger partial charge in [-0.3, -0.25) is 14.4 Å². The minimum Gasteiger partial charge on any atom is -0.329 e. The van der Waals surface area contributed by atoms with E-state index in [1.165, 1.54) is 17.0 Å². The molecule has 0 saturated carbocycles. The van der Waals surface area contributed by atoms with Crippen molar-refractivity contribution in [3.05, 3.63) is 35.4 Å². The molecule has 0 radical (unpaired) electrons. The van der Waals surface area contributed by atoms with Crippen LogP contribution in [0.15, 0.2) is 24.3 Å². The number of carbonyl (C=O) groups is 4. The van der Waals surface area contributed by atoms with Gasteiger partial charge in [0.25, 0.3) is 11.8 Å². The van der Waals surface area contributed by atoms with Crippen molar-refractivity contribution >= 4 is 23.7 Å². The predicted molar refractivity (Wildman–Crippen MR) is 73.4 cm³/mol. The number of likely N-dealkylation sites (tertiary alicyclic amines) is 1. The highest BCUT2D eigenvalue weighted by Gasteiger charge is 2.42. The number of hydrogen-bond acceptors (Lipinski definition) is 5. The van der Waals surface area contributed by atoms with Gasteiger partial charge in [0, 0.05) is 13.0 Å². The Kier molecular flexibility index (Phi) is 3.40. The first kappa shape index (κ1) is 14.2. The SMILES string of the molecule is CCN1C(=O)CCC1C(=O)ON1C(=O)c2ccccc2C1=O. The van der Waals surface area contributed by atoms with Crippen LogP contribution in [0.2, 0.25) is 0 Å². The Morgan fingerprint density at radius 3 is 2.32 bits per heavy atom. The smallest absolute Gasteiger partial charge is 0.329 e. The molecule has 3 amide bonds. The van der Waals surface area contributed by atoms with Crippen LogP contribution in [0.3, 0.4) is 0 Å². The molecule has 0 bridgehead atoms. The number of hydrogen-bond donors (Lipinski definition) is 0. The van der Waals surface area contributed by atoms with Crippen LogP contribution in [0.25, 0.3) is 0 Å². The van der Waals surface area contributed by atoms with E-state index in [1.54, 1.807) is 19.1 Å². The maximum absolute atomic E-state index is 12.2. The fourth-order valence-electron chi connectivity index (χ4n) is 2.78. The normalized spacial score (nSPS) is 20.6. The third-order valence-corrected chi connectivity index (χ3v) is 3.88. The maximum atomic E-state index is 12.2. The lowest BCUT2D eigenvalue weighted by molar-refractivity contribution is -0.174. The number of benzene rings is 1. The van der Waals surface area contributed by atoms with Gasteiger partial charge in [-0.15, -0.1) is 0 Å². The third kappa shape index (κ3) is 2.05. The Balaban J connectivity index is 1.77. The second-order valence-corrected chi connectivity index (χ2v) is 5.09. The molecule has 2 aliphatic rings. The first-order valence-electron chi connectivity index (χ1n) is 7.03. The van der Waals surface area contributed by atoms with Crippen LogP contribution in [-0.4, -0.2) is 46.2 Å². The Morgan fingerprint density at radius 2 is 1.77 bits per heavy atom. The van der Waals surface area contributed by atoms with Crippen LogP contribution in [0, 0.1) is 0 Å². The van der Waals surface area contributed by atoms with Crippen LogP contribution in [-0.2, 0) is 14.4 Å². The van der Waals surface area contributed by atoms with E-state index in [1.807, 2.05) is 0 Å². The standard InChI is InChI=1S/C15H14N2O5/c1-2-16-11(7-8-12(16)18)15(21)22-17-13(19)9-5-3-4-6-10(9)14(17)20/h3-6,11H,2,7-8H2,1H3. The first-order chi connectivity index (χ1) is 10.5. The van der Waals surface area contributed by atoms with Gasteiger partial charge in [-0.25, -0.2) is 4.79 Å². The van der Waals surface area contributed by atoms with Crippen molar-refractivity contribution in [1.82, 2.24) is 9.96 Å². The van der Waals surface area contributed by atoms with Gasteiger partial charge in [-0.05, 0) is 25.5 Å². The van der Waals surface area contributed by atoms with Gasteiger partial charge in [-0.1, -0.05) is 17.2 Å². The molecule has 22 heavy (non-hydrogen) atoms. The molecule has 7 nitrogen and oxygen atoms in total. The van der Waals surface area contributed by atoms with Crippen molar-refractivity contribution in [3.63, 3.8) is 0 Å². The molecule has 1 saturated heterocycles. The number of hydroxylamine groups is 2. The van der Waals surface area contributed by atoms with E-state index in [0.29, 0.717) is 18.0 Å². The van der Waals surface area contributed by atoms with Gasteiger partial charge in [0.2, 0.25) is 5.91 Å². The second-order valence-electron chi connectivity index (χ2n) is 5.09. The average molecular weight is 302 g/mol. The molecular formula is C15H14N2O5. The van der Waals surface area contributed by atoms with Gasteiger partial charge in [-0.2, -0.15) is 0 Å². The van der Waals surface area contributed by atoms with Crippen LogP contribution in [0.5, 0.6) is 0 Å². The van der Waals surface area contributed by atoms with Crippen molar-refractivity contribution in [3.8, 4) is 0 Å². The Hall–Kier alpha value is -2.70. The molecule has 7 heteroatoms. The fourth-order valence-corrected chi connectivity index (χ4v) is 2.78. The minimum absolute atomic E-state index is 0.133. The van der Waals surface area contributed by atoms with Crippen LogP contribution in [0.1, 0.15) is 40.5 Å². The number of fused-ring (bicyclic) bond motifs is 1. The zero-order valence-electron chi connectivity index (χ0n) is 11.9. The van der Waals surface area contributed by atoms with E-state index in [4.69, 9.17) is 4.84 Å². The predicted octanol–water partition coefficient (Wildman–Crippen LogP) is 0.752. The summed E-state index contributed by atoms with van der Waals surface area (Å²) in [6, 6.07) is 5.51. The molecule has 1 fully saturated rings. The van der Waals surface area contributed by atoms with E-state index in [0.717, 1.165) is 0 Å². The molecule has 2 aliphatic heterocycles. The number of rotatable bonds is 3. The lowest BCUT2D eigenvalue weighted by Crippen LogP contribution is -2.43. The van der Waals surface area contributed by atoms with Crippen molar-refractivity contribution in [1.29, 1.82) is 0 Å². The van der Waals surface area contributed by atoms with Crippen molar-refractivity contribution in [2.45, 2.75) is 25.8 Å². The molecule has 0 aliphatic carbocycles. The summed E-state index contributed by atoms with van der Waals surface area (Å²) in [5.41, 5.74) is 0.408. The fraction of sp³-hybridized carbons (Fsp3) is 0.333. The summed E-state index contributed by atoms with van der Waals surface area (Å²) in [6.07, 6.45) is 0.588. The molecule has 0 spiro atoms. The van der Waals surface area contributed by atoms with Gasteiger partial charge >= 0.3 is 5.97 Å². The maximum Gasteiger partial charge on any atom is 0.355 e. The molecule has 1 atom stereocenters. The summed E-state index contributed by atoms with van der Waals surface area (Å²) in [5, 5.41) is 0.476. The van der Waals surface area contributed by atoms with Crippen molar-refractivity contribution in [2.75, 3.05) is 6.54 Å². The zero-order valence-corrected chi connectivity index (χ0v) is 11.9. The van der Waals surface area contributed by atoms with E-state index in [9.17, 15) is 19.2 Å². The van der Waals surface area contributed by atoms with Gasteiger partial charge in [0.1, 0.15) is 6.04 Å². The van der Waals surface area contributed by atoms with E-state index >= 15 is 0 Å². The summed E-state index contributed by atoms with van der Waals surface area (Å²) in [5.74, 6) is -2.23. The zero-order chi connectivity index (χ0) is 15.9. The highest BCUT2D eigenvalue weighted by Crippen LogP contribution is 2.25. The van der Waals surface area contributed by atoms with Gasteiger partial charge in [0.15, 0.2) is 0 Å². The minimum atomic E-state index is -0.762.